The van der Waals surface area contributed by atoms with Gasteiger partial charge in [-0.3, -0.25) is 9.36 Å². The summed E-state index contributed by atoms with van der Waals surface area (Å²) in [5, 5.41) is 13.9. The second-order valence-electron chi connectivity index (χ2n) is 22.1. The molecule has 3 atom stereocenters. The lowest BCUT2D eigenvalue weighted by molar-refractivity contribution is -0.870. The molecule has 0 aliphatic heterocycles. The van der Waals surface area contributed by atoms with Gasteiger partial charge in [0.1, 0.15) is 13.2 Å². The Labute approximate surface area is 441 Å². The molecule has 1 amide bonds. The number of phosphoric ester groups is 1. The number of allylic oxidation sites excluding steroid dienone is 7. The molecule has 9 heteroatoms. The number of phosphoric acid groups is 1. The van der Waals surface area contributed by atoms with E-state index in [0.29, 0.717) is 17.4 Å². The van der Waals surface area contributed by atoms with E-state index >= 15 is 0 Å². The number of rotatable bonds is 56. The minimum Gasteiger partial charge on any atom is -0.756 e. The van der Waals surface area contributed by atoms with Crippen LogP contribution in [-0.2, 0) is 18.4 Å². The van der Waals surface area contributed by atoms with Crippen LogP contribution in [0.3, 0.4) is 0 Å². The minimum atomic E-state index is -4.60. The van der Waals surface area contributed by atoms with Crippen molar-refractivity contribution < 1.29 is 32.9 Å². The van der Waals surface area contributed by atoms with Gasteiger partial charge in [0.05, 0.1) is 39.9 Å². The first-order valence-corrected chi connectivity index (χ1v) is 32.0. The number of likely N-dealkylation sites (N-methyl/N-ethyl adjacent to an activating group) is 1. The predicted molar refractivity (Wildman–Crippen MR) is 307 cm³/mol. The van der Waals surface area contributed by atoms with E-state index in [2.05, 4.69) is 55.6 Å². The first-order valence-electron chi connectivity index (χ1n) is 30.5. The number of hydrogen-bond donors (Lipinski definition) is 2. The molecular weight excluding hydrogens is 900 g/mol. The summed E-state index contributed by atoms with van der Waals surface area (Å²) in [6.07, 6.45) is 70.4. The molecule has 0 heterocycles. The summed E-state index contributed by atoms with van der Waals surface area (Å²) in [5.41, 5.74) is 0. The topological polar surface area (TPSA) is 108 Å². The number of nitrogens with one attached hydrogen (secondary N) is 1. The van der Waals surface area contributed by atoms with Crippen molar-refractivity contribution in [2.24, 2.45) is 0 Å². The van der Waals surface area contributed by atoms with Crippen LogP contribution in [0.4, 0.5) is 0 Å². The number of unbranched alkanes of at least 4 members (excludes halogenated alkanes) is 37. The van der Waals surface area contributed by atoms with Crippen molar-refractivity contribution in [3.05, 3.63) is 48.6 Å². The van der Waals surface area contributed by atoms with Gasteiger partial charge in [0, 0.05) is 6.42 Å². The first kappa shape index (κ1) is 69.5. The van der Waals surface area contributed by atoms with Gasteiger partial charge in [-0.15, -0.1) is 0 Å². The SMILES string of the molecule is CCCCCCC/C=C\C/C=C\C/C=C\CCCCCCCCCCCCCCC(=O)NC(COP(=O)([O-])OCC[N+](C)(C)C)C(O)/C=C/CCCCCCCCCCCCCCCCCCCCCC. The summed E-state index contributed by atoms with van der Waals surface area (Å²) >= 11 is 0. The standard InChI is InChI=1S/C62H119N2O6P/c1-6-8-10-12-14-16-18-20-22-24-26-28-30-31-32-33-34-36-38-40-42-44-46-48-50-52-54-56-62(66)63-60(59-70-71(67,68)69-58-57-64(3,4)5)61(65)55-53-51-49-47-45-43-41-39-37-35-29-27-25-23-21-19-17-15-13-11-9-7-2/h18,20,24,26,30-31,53,55,60-61,65H,6-17,19,21-23,25,27-29,32-52,54,56-59H2,1-5H3,(H-,63,66,67,68)/b20-18-,26-24-,31-30-,55-53+. The molecule has 0 radical (unpaired) electrons. The Morgan fingerprint density at radius 3 is 1.18 bits per heavy atom. The summed E-state index contributed by atoms with van der Waals surface area (Å²) in [4.78, 5) is 25.5. The molecule has 418 valence electrons. The van der Waals surface area contributed by atoms with Crippen molar-refractivity contribution in [1.29, 1.82) is 0 Å². The summed E-state index contributed by atoms with van der Waals surface area (Å²) < 4.78 is 23.4. The third-order valence-electron chi connectivity index (χ3n) is 13.8. The third-order valence-corrected chi connectivity index (χ3v) is 14.7. The van der Waals surface area contributed by atoms with Crippen LogP contribution in [0.15, 0.2) is 48.6 Å². The van der Waals surface area contributed by atoms with Crippen molar-refractivity contribution in [2.75, 3.05) is 40.9 Å². The molecule has 0 rings (SSSR count). The van der Waals surface area contributed by atoms with Gasteiger partial charge in [-0.25, -0.2) is 0 Å². The Balaban J connectivity index is 4.18. The van der Waals surface area contributed by atoms with Crippen LogP contribution in [0.25, 0.3) is 0 Å². The van der Waals surface area contributed by atoms with E-state index in [-0.39, 0.29) is 19.1 Å². The number of carbonyl (C=O) groups is 1. The lowest BCUT2D eigenvalue weighted by Gasteiger charge is -2.29. The lowest BCUT2D eigenvalue weighted by atomic mass is 10.0. The number of nitrogens with zero attached hydrogens (tertiary/aromatic N) is 1. The molecule has 8 nitrogen and oxygen atoms in total. The Hall–Kier alpha value is -1.54. The van der Waals surface area contributed by atoms with Crippen LogP contribution in [0.1, 0.15) is 290 Å². The maximum Gasteiger partial charge on any atom is 0.268 e. The second-order valence-corrected chi connectivity index (χ2v) is 23.5. The Bertz CT molecular complexity index is 1290. The Kier molecular flexibility index (Phi) is 52.1. The molecule has 3 unspecified atom stereocenters. The largest absolute Gasteiger partial charge is 0.756 e. The van der Waals surface area contributed by atoms with Crippen LogP contribution < -0.4 is 10.2 Å². The zero-order chi connectivity index (χ0) is 52.0. The van der Waals surface area contributed by atoms with Crippen LogP contribution in [-0.4, -0.2) is 68.5 Å². The normalized spacial score (nSPS) is 14.2. The number of aliphatic hydroxyl groups is 1. The van der Waals surface area contributed by atoms with Gasteiger partial charge in [0.15, 0.2) is 0 Å². The molecule has 0 aromatic rings. The molecule has 0 fully saturated rings. The molecule has 0 aromatic carbocycles. The number of carbonyl (C=O) groups excluding carboxylic acids is 1. The van der Waals surface area contributed by atoms with Gasteiger partial charge in [-0.1, -0.05) is 274 Å². The average Bonchev–Trinajstić information content (AvgIpc) is 3.33. The Morgan fingerprint density at radius 1 is 0.493 bits per heavy atom. The fraction of sp³-hybridized carbons (Fsp3) is 0.855. The fourth-order valence-electron chi connectivity index (χ4n) is 8.99. The maximum absolute atomic E-state index is 13.0. The molecule has 0 saturated carbocycles. The van der Waals surface area contributed by atoms with E-state index in [1.54, 1.807) is 6.08 Å². The van der Waals surface area contributed by atoms with Gasteiger partial charge in [0.2, 0.25) is 5.91 Å². The molecule has 0 aliphatic carbocycles. The van der Waals surface area contributed by atoms with E-state index in [4.69, 9.17) is 9.05 Å². The van der Waals surface area contributed by atoms with Gasteiger partial charge in [-0.05, 0) is 57.8 Å². The fourth-order valence-corrected chi connectivity index (χ4v) is 9.71. The van der Waals surface area contributed by atoms with Crippen LogP contribution in [0.2, 0.25) is 0 Å². The Morgan fingerprint density at radius 2 is 0.817 bits per heavy atom. The molecule has 0 aromatic heterocycles. The minimum absolute atomic E-state index is 0.00154. The van der Waals surface area contributed by atoms with Crippen molar-refractivity contribution in [3.8, 4) is 0 Å². The maximum atomic E-state index is 13.0. The summed E-state index contributed by atoms with van der Waals surface area (Å²) in [6.45, 7) is 4.67. The number of quaternary nitrogens is 1. The molecule has 0 aliphatic rings. The van der Waals surface area contributed by atoms with E-state index in [1.807, 2.05) is 27.2 Å². The zero-order valence-electron chi connectivity index (χ0n) is 47.7. The van der Waals surface area contributed by atoms with Crippen molar-refractivity contribution in [3.63, 3.8) is 0 Å². The van der Waals surface area contributed by atoms with Crippen LogP contribution in [0, 0.1) is 0 Å². The highest BCUT2D eigenvalue weighted by atomic mass is 31.2. The smallest absolute Gasteiger partial charge is 0.268 e. The highest BCUT2D eigenvalue weighted by Gasteiger charge is 2.23. The monoisotopic (exact) mass is 1020 g/mol. The molecule has 0 bridgehead atoms. The van der Waals surface area contributed by atoms with Gasteiger partial charge >= 0.3 is 0 Å². The average molecular weight is 1020 g/mol. The zero-order valence-corrected chi connectivity index (χ0v) is 48.6. The molecular formula is C62H119N2O6P. The van der Waals surface area contributed by atoms with E-state index in [0.717, 1.165) is 51.4 Å². The molecule has 2 N–H and O–H groups in total. The predicted octanol–water partition coefficient (Wildman–Crippen LogP) is 18.1. The second kappa shape index (κ2) is 53.3. The van der Waals surface area contributed by atoms with Crippen molar-refractivity contribution in [2.45, 2.75) is 302 Å². The highest BCUT2D eigenvalue weighted by Crippen LogP contribution is 2.38. The van der Waals surface area contributed by atoms with Crippen LogP contribution in [0.5, 0.6) is 0 Å². The lowest BCUT2D eigenvalue weighted by Crippen LogP contribution is -2.45. The number of amides is 1. The third kappa shape index (κ3) is 56.0. The molecule has 0 spiro atoms. The van der Waals surface area contributed by atoms with Gasteiger partial charge in [0.25, 0.3) is 7.82 Å². The number of hydrogen-bond acceptors (Lipinski definition) is 6. The van der Waals surface area contributed by atoms with Gasteiger partial charge in [-0.2, -0.15) is 0 Å². The summed E-state index contributed by atoms with van der Waals surface area (Å²) in [7, 11) is 1.27. The van der Waals surface area contributed by atoms with Crippen LogP contribution >= 0.6 is 7.82 Å². The summed E-state index contributed by atoms with van der Waals surface area (Å²) in [5.74, 6) is -0.197. The quantitative estimate of drug-likeness (QED) is 0.0272. The molecule has 0 saturated heterocycles. The first-order chi connectivity index (χ1) is 34.5. The van der Waals surface area contributed by atoms with Crippen molar-refractivity contribution >= 4 is 13.7 Å². The van der Waals surface area contributed by atoms with E-state index in [1.165, 1.54) is 218 Å². The molecule has 71 heavy (non-hydrogen) atoms. The van der Waals surface area contributed by atoms with Gasteiger partial charge < -0.3 is 28.8 Å². The van der Waals surface area contributed by atoms with E-state index in [9.17, 15) is 19.4 Å². The highest BCUT2D eigenvalue weighted by molar-refractivity contribution is 7.45. The number of aliphatic hydroxyl groups excluding tert-OH is 1. The van der Waals surface area contributed by atoms with Crippen molar-refractivity contribution in [1.82, 2.24) is 5.32 Å². The summed E-state index contributed by atoms with van der Waals surface area (Å²) in [6, 6.07) is -0.889. The van der Waals surface area contributed by atoms with E-state index < -0.39 is 20.0 Å².